The van der Waals surface area contributed by atoms with Crippen molar-refractivity contribution in [3.8, 4) is 0 Å². The number of anilines is 1. The molecule has 3 aromatic rings. The molecular weight excluding hydrogens is 481 g/mol. The molecule has 3 aliphatic heterocycles. The molecule has 8 heteroatoms. The maximum absolute atomic E-state index is 13.8. The summed E-state index contributed by atoms with van der Waals surface area (Å²) in [7, 11) is 1.97. The second kappa shape index (κ2) is 9.27. The van der Waals surface area contributed by atoms with Gasteiger partial charge in [0, 0.05) is 49.8 Å². The van der Waals surface area contributed by atoms with E-state index in [-0.39, 0.29) is 11.3 Å². The number of carbonyl (C=O) groups is 1. The molecule has 0 radical (unpaired) electrons. The van der Waals surface area contributed by atoms with E-state index in [2.05, 4.69) is 45.4 Å². The molecule has 0 atom stereocenters. The molecule has 7 rings (SSSR count). The number of alkyl halides is 1. The number of nitrogens with zero attached hydrogens (tertiary/aromatic N) is 5. The first-order valence-electron chi connectivity index (χ1n) is 13.8. The Morgan fingerprint density at radius 1 is 1.11 bits per heavy atom. The van der Waals surface area contributed by atoms with Gasteiger partial charge in [-0.05, 0) is 72.1 Å². The van der Waals surface area contributed by atoms with Crippen LogP contribution in [0, 0.1) is 0 Å². The van der Waals surface area contributed by atoms with Crippen molar-refractivity contribution in [3.63, 3.8) is 0 Å². The fourth-order valence-corrected chi connectivity index (χ4v) is 6.37. The lowest BCUT2D eigenvalue weighted by Gasteiger charge is -2.42. The molecule has 3 fully saturated rings. The van der Waals surface area contributed by atoms with Crippen LogP contribution >= 0.6 is 0 Å². The average molecular weight is 516 g/mol. The number of aryl methyl sites for hydroxylation is 1. The van der Waals surface area contributed by atoms with Crippen molar-refractivity contribution in [2.75, 3.05) is 31.2 Å². The molecule has 4 heterocycles. The van der Waals surface area contributed by atoms with E-state index in [1.807, 2.05) is 22.6 Å². The molecule has 38 heavy (non-hydrogen) atoms. The number of aromatic nitrogens is 3. The van der Waals surface area contributed by atoms with Gasteiger partial charge in [0.15, 0.2) is 0 Å². The summed E-state index contributed by atoms with van der Waals surface area (Å²) in [6.45, 7) is 4.23. The highest BCUT2D eigenvalue weighted by atomic mass is 19.1. The van der Waals surface area contributed by atoms with Gasteiger partial charge in [0.2, 0.25) is 0 Å². The Bertz CT molecular complexity index is 1370. The molecular formula is C30H34FN5O2. The number of ether oxygens (including phenoxy) is 1. The number of likely N-dealkylation sites (tertiary alicyclic amines) is 1. The fourth-order valence-electron chi connectivity index (χ4n) is 6.37. The number of hydrogen-bond acceptors (Lipinski definition) is 5. The molecule has 1 amide bonds. The monoisotopic (exact) mass is 515 g/mol. The normalized spacial score (nSPS) is 21.5. The summed E-state index contributed by atoms with van der Waals surface area (Å²) >= 11 is 0. The van der Waals surface area contributed by atoms with Crippen LogP contribution < -0.4 is 4.90 Å². The maximum Gasteiger partial charge on any atom is 0.258 e. The van der Waals surface area contributed by atoms with Gasteiger partial charge in [0.25, 0.3) is 5.91 Å². The molecule has 0 N–H and O–H groups in total. The number of halogens is 1. The van der Waals surface area contributed by atoms with Gasteiger partial charge in [-0.15, -0.1) is 10.2 Å². The molecule has 0 bridgehead atoms. The lowest BCUT2D eigenvalue weighted by Crippen LogP contribution is -2.49. The van der Waals surface area contributed by atoms with Crippen LogP contribution in [0.4, 0.5) is 10.1 Å². The molecule has 2 aromatic carbocycles. The topological polar surface area (TPSA) is 63.5 Å². The van der Waals surface area contributed by atoms with Crippen LogP contribution in [0.5, 0.6) is 0 Å². The first-order chi connectivity index (χ1) is 18.5. The highest BCUT2D eigenvalue weighted by Gasteiger charge is 2.42. The van der Waals surface area contributed by atoms with Gasteiger partial charge in [-0.1, -0.05) is 18.2 Å². The molecule has 2 saturated heterocycles. The predicted octanol–water partition coefficient (Wildman–Crippen LogP) is 4.30. The highest BCUT2D eigenvalue weighted by Crippen LogP contribution is 2.46. The van der Waals surface area contributed by atoms with E-state index in [0.29, 0.717) is 38.5 Å². The summed E-state index contributed by atoms with van der Waals surface area (Å²) in [5.74, 6) is 1.57. The molecule has 0 spiro atoms. The zero-order valence-electron chi connectivity index (χ0n) is 21.9. The summed E-state index contributed by atoms with van der Waals surface area (Å²) in [6, 6.07) is 12.8. The second-order valence-corrected chi connectivity index (χ2v) is 11.7. The summed E-state index contributed by atoms with van der Waals surface area (Å²) in [6.07, 6.45) is 5.39. The van der Waals surface area contributed by atoms with Crippen molar-refractivity contribution in [2.24, 2.45) is 7.05 Å². The van der Waals surface area contributed by atoms with E-state index >= 15 is 0 Å². The smallest absolute Gasteiger partial charge is 0.258 e. The van der Waals surface area contributed by atoms with Crippen molar-refractivity contribution in [1.29, 1.82) is 0 Å². The van der Waals surface area contributed by atoms with Crippen molar-refractivity contribution < 1.29 is 13.9 Å². The summed E-state index contributed by atoms with van der Waals surface area (Å²) < 4.78 is 21.3. The highest BCUT2D eigenvalue weighted by molar-refractivity contribution is 6.10. The van der Waals surface area contributed by atoms with Gasteiger partial charge in [-0.3, -0.25) is 9.69 Å². The largest absolute Gasteiger partial charge is 0.379 e. The molecule has 1 aromatic heterocycles. The summed E-state index contributed by atoms with van der Waals surface area (Å²) in [5.41, 5.74) is 6.50. The Balaban J connectivity index is 1.17. The summed E-state index contributed by atoms with van der Waals surface area (Å²) in [5, 5.41) is 8.35. The van der Waals surface area contributed by atoms with Crippen LogP contribution in [0.15, 0.2) is 42.7 Å². The first-order valence-corrected chi connectivity index (χ1v) is 13.8. The minimum atomic E-state index is -0.676. The van der Waals surface area contributed by atoms with E-state index in [1.165, 1.54) is 35.1 Å². The SMILES string of the molecule is Cn1cnnc1CC1(c2cccc(N3Cc4c(cc(CN5CCC(F)CC5)cc4C4CC4)C3=O)c2)COC1. The number of hydrogen-bond donors (Lipinski definition) is 0. The Labute approximate surface area is 222 Å². The lowest BCUT2D eigenvalue weighted by molar-refractivity contribution is -0.0611. The van der Waals surface area contributed by atoms with Gasteiger partial charge >= 0.3 is 0 Å². The number of amides is 1. The van der Waals surface area contributed by atoms with Crippen LogP contribution in [0.25, 0.3) is 0 Å². The fraction of sp³-hybridized carbons (Fsp3) is 0.500. The number of carbonyl (C=O) groups excluding carboxylic acids is 1. The van der Waals surface area contributed by atoms with Crippen LogP contribution in [-0.4, -0.2) is 58.0 Å². The predicted molar refractivity (Wildman–Crippen MR) is 142 cm³/mol. The van der Waals surface area contributed by atoms with Gasteiger partial charge in [0.1, 0.15) is 18.3 Å². The van der Waals surface area contributed by atoms with Gasteiger partial charge < -0.3 is 14.2 Å². The van der Waals surface area contributed by atoms with E-state index in [0.717, 1.165) is 43.1 Å². The lowest BCUT2D eigenvalue weighted by atomic mass is 9.75. The molecule has 7 nitrogen and oxygen atoms in total. The average Bonchev–Trinajstić information content (AvgIpc) is 3.59. The third kappa shape index (κ3) is 4.24. The van der Waals surface area contributed by atoms with E-state index in [1.54, 1.807) is 6.33 Å². The van der Waals surface area contributed by atoms with Crippen LogP contribution in [0.1, 0.15) is 70.0 Å². The zero-order chi connectivity index (χ0) is 25.9. The second-order valence-electron chi connectivity index (χ2n) is 11.7. The molecule has 198 valence electrons. The van der Waals surface area contributed by atoms with Crippen molar-refractivity contribution >= 4 is 11.6 Å². The Hall–Kier alpha value is -3.10. The number of fused-ring (bicyclic) bond motifs is 1. The maximum atomic E-state index is 13.8. The quantitative estimate of drug-likeness (QED) is 0.470. The van der Waals surface area contributed by atoms with Crippen LogP contribution in [-0.2, 0) is 36.7 Å². The number of rotatable bonds is 7. The number of piperidine rings is 1. The molecule has 1 aliphatic carbocycles. The zero-order valence-corrected chi connectivity index (χ0v) is 21.9. The van der Waals surface area contributed by atoms with Crippen molar-refractivity contribution in [2.45, 2.75) is 62.7 Å². The third-order valence-corrected chi connectivity index (χ3v) is 8.91. The third-order valence-electron chi connectivity index (χ3n) is 8.91. The van der Waals surface area contributed by atoms with Crippen LogP contribution in [0.2, 0.25) is 0 Å². The van der Waals surface area contributed by atoms with Crippen molar-refractivity contribution in [3.05, 3.63) is 76.4 Å². The number of benzene rings is 2. The Kier molecular flexibility index (Phi) is 5.85. The Morgan fingerprint density at radius 2 is 1.92 bits per heavy atom. The van der Waals surface area contributed by atoms with Crippen LogP contribution in [0.3, 0.4) is 0 Å². The van der Waals surface area contributed by atoms with E-state index < -0.39 is 6.17 Å². The van der Waals surface area contributed by atoms with E-state index in [9.17, 15) is 9.18 Å². The Morgan fingerprint density at radius 3 is 2.61 bits per heavy atom. The van der Waals surface area contributed by atoms with Gasteiger partial charge in [0.05, 0.1) is 19.8 Å². The molecule has 0 unspecified atom stereocenters. The standard InChI is InChI=1S/C30H34FN5O2/c1-34-19-32-33-28(34)14-30(17-38-18-30)22-3-2-4-24(13-22)36-16-27-25(21-5-6-21)11-20(12-26(27)29(36)37)15-35-9-7-23(31)8-10-35/h2-4,11-13,19,21,23H,5-10,14-18H2,1H3. The summed E-state index contributed by atoms with van der Waals surface area (Å²) in [4.78, 5) is 18.1. The van der Waals surface area contributed by atoms with Gasteiger partial charge in [-0.2, -0.15) is 0 Å². The van der Waals surface area contributed by atoms with Gasteiger partial charge in [-0.25, -0.2) is 4.39 Å². The first kappa shape index (κ1) is 24.0. The molecule has 4 aliphatic rings. The minimum absolute atomic E-state index is 0.0792. The van der Waals surface area contributed by atoms with Crippen molar-refractivity contribution in [1.82, 2.24) is 19.7 Å². The molecule has 1 saturated carbocycles. The minimum Gasteiger partial charge on any atom is -0.379 e. The van der Waals surface area contributed by atoms with E-state index in [4.69, 9.17) is 4.74 Å².